The van der Waals surface area contributed by atoms with E-state index in [1.165, 1.54) is 12.1 Å². The number of allylic oxidation sites excluding steroid dienone is 1. The number of nitrogens with zero attached hydrogens (tertiary/aromatic N) is 4. The quantitative estimate of drug-likeness (QED) is 0.200. The molecule has 4 heterocycles. The number of pyridine rings is 2. The Bertz CT molecular complexity index is 1780. The fourth-order valence-electron chi connectivity index (χ4n) is 4.59. The molecule has 0 aliphatic heterocycles. The summed E-state index contributed by atoms with van der Waals surface area (Å²) in [6.07, 6.45) is 8.47. The Hall–Kier alpha value is -4.85. The van der Waals surface area contributed by atoms with Crippen molar-refractivity contribution < 1.29 is 4.39 Å². The summed E-state index contributed by atoms with van der Waals surface area (Å²) in [7, 11) is 0. The number of halogens is 1. The maximum atomic E-state index is 13.9. The second-order valence-electron chi connectivity index (χ2n) is 9.28. The van der Waals surface area contributed by atoms with Crippen molar-refractivity contribution in [1.29, 1.82) is 0 Å². The van der Waals surface area contributed by atoms with E-state index in [4.69, 9.17) is 4.98 Å². The van der Waals surface area contributed by atoms with Gasteiger partial charge in [0.2, 0.25) is 0 Å². The number of hydrogen-bond acceptors (Lipinski definition) is 5. The highest BCUT2D eigenvalue weighted by Gasteiger charge is 2.16. The molecule has 0 radical (unpaired) electrons. The summed E-state index contributed by atoms with van der Waals surface area (Å²) in [4.78, 5) is 17.3. The normalized spacial score (nSPS) is 11.3. The molecule has 188 valence electrons. The number of benzene rings is 2. The van der Waals surface area contributed by atoms with Gasteiger partial charge in [-0.2, -0.15) is 5.10 Å². The first-order chi connectivity index (χ1) is 18.6. The molecule has 6 rings (SSSR count). The zero-order chi connectivity index (χ0) is 26.1. The van der Waals surface area contributed by atoms with E-state index in [0.29, 0.717) is 11.5 Å². The van der Waals surface area contributed by atoms with Gasteiger partial charge in [0.25, 0.3) is 0 Å². The maximum Gasteiger partial charge on any atom is 0.159 e. The largest absolute Gasteiger partial charge is 0.358 e. The number of imidazole rings is 1. The van der Waals surface area contributed by atoms with E-state index in [0.717, 1.165) is 75.0 Å². The third-order valence-corrected chi connectivity index (χ3v) is 6.51. The Labute approximate surface area is 218 Å². The van der Waals surface area contributed by atoms with Crippen molar-refractivity contribution in [3.05, 3.63) is 91.3 Å². The molecule has 0 fully saturated rings. The Kier molecular flexibility index (Phi) is 6.13. The summed E-state index contributed by atoms with van der Waals surface area (Å²) in [5.74, 6) is 0.334. The lowest BCUT2D eigenvalue weighted by atomic mass is 10.0. The van der Waals surface area contributed by atoms with E-state index in [1.807, 2.05) is 36.4 Å². The van der Waals surface area contributed by atoms with Gasteiger partial charge < -0.3 is 10.3 Å². The molecule has 0 atom stereocenters. The van der Waals surface area contributed by atoms with Crippen LogP contribution in [0.3, 0.4) is 0 Å². The third-order valence-electron chi connectivity index (χ3n) is 6.51. The van der Waals surface area contributed by atoms with Crippen molar-refractivity contribution in [2.24, 2.45) is 0 Å². The first-order valence-electron chi connectivity index (χ1n) is 12.6. The standard InChI is InChI=1S/C30H26FN7/c1-3-4-7-18(2)34-22-13-20(15-32-16-22)26-14-24-27(17-33-26)37-38-29(24)30-35-25-11-6-10-23(28(25)36-30)19-8-5-9-21(31)12-19/h5-6,8-17,34H,2-4,7H2,1H3,(H,35,36)(H,37,38). The smallest absolute Gasteiger partial charge is 0.159 e. The van der Waals surface area contributed by atoms with E-state index in [1.54, 1.807) is 24.7 Å². The van der Waals surface area contributed by atoms with Gasteiger partial charge in [0.1, 0.15) is 11.5 Å². The van der Waals surface area contributed by atoms with E-state index in [9.17, 15) is 4.39 Å². The molecule has 6 aromatic rings. The number of para-hydroxylation sites is 1. The van der Waals surface area contributed by atoms with Gasteiger partial charge >= 0.3 is 0 Å². The molecule has 0 aliphatic carbocycles. The van der Waals surface area contributed by atoms with Crippen LogP contribution in [0.25, 0.3) is 55.8 Å². The minimum absolute atomic E-state index is 0.285. The third kappa shape index (κ3) is 4.52. The molecule has 0 saturated carbocycles. The Morgan fingerprint density at radius 1 is 1.00 bits per heavy atom. The van der Waals surface area contributed by atoms with E-state index >= 15 is 0 Å². The number of nitrogens with one attached hydrogen (secondary N) is 3. The van der Waals surface area contributed by atoms with Crippen LogP contribution in [0.5, 0.6) is 0 Å². The molecule has 38 heavy (non-hydrogen) atoms. The zero-order valence-corrected chi connectivity index (χ0v) is 20.9. The van der Waals surface area contributed by atoms with Gasteiger partial charge in [-0.15, -0.1) is 0 Å². The highest BCUT2D eigenvalue weighted by atomic mass is 19.1. The molecule has 0 unspecified atom stereocenters. The fraction of sp³-hybridized carbons (Fsp3) is 0.133. The van der Waals surface area contributed by atoms with Crippen molar-refractivity contribution >= 4 is 27.6 Å². The van der Waals surface area contributed by atoms with Crippen molar-refractivity contribution in [2.45, 2.75) is 26.2 Å². The predicted molar refractivity (Wildman–Crippen MR) is 150 cm³/mol. The van der Waals surface area contributed by atoms with E-state index in [-0.39, 0.29) is 5.82 Å². The van der Waals surface area contributed by atoms with Crippen LogP contribution in [0.2, 0.25) is 0 Å². The van der Waals surface area contributed by atoms with Crippen molar-refractivity contribution in [2.75, 3.05) is 5.32 Å². The summed E-state index contributed by atoms with van der Waals surface area (Å²) in [6.45, 7) is 6.28. The summed E-state index contributed by atoms with van der Waals surface area (Å²) in [5.41, 5.74) is 8.19. The van der Waals surface area contributed by atoms with Gasteiger partial charge in [-0.05, 0) is 48.7 Å². The zero-order valence-electron chi connectivity index (χ0n) is 20.9. The van der Waals surface area contributed by atoms with Gasteiger partial charge in [0.05, 0.1) is 40.3 Å². The number of hydrogen-bond donors (Lipinski definition) is 3. The van der Waals surface area contributed by atoms with Crippen LogP contribution in [0.1, 0.15) is 26.2 Å². The van der Waals surface area contributed by atoms with Gasteiger partial charge in [-0.25, -0.2) is 9.37 Å². The van der Waals surface area contributed by atoms with Crippen LogP contribution in [-0.2, 0) is 0 Å². The lowest BCUT2D eigenvalue weighted by Gasteiger charge is -2.10. The topological polar surface area (TPSA) is 95.2 Å². The SMILES string of the molecule is C=C(CCCC)Nc1cncc(-c2cc3c(-c4nc5c(-c6cccc(F)c6)cccc5[nH]4)n[nH]c3cn2)c1. The fourth-order valence-corrected chi connectivity index (χ4v) is 4.59. The molecular weight excluding hydrogens is 477 g/mol. The number of anilines is 1. The summed E-state index contributed by atoms with van der Waals surface area (Å²) < 4.78 is 13.9. The first kappa shape index (κ1) is 23.5. The first-order valence-corrected chi connectivity index (χ1v) is 12.6. The van der Waals surface area contributed by atoms with Gasteiger partial charge in [-0.3, -0.25) is 15.1 Å². The molecule has 0 amide bonds. The molecule has 0 bridgehead atoms. The molecule has 8 heteroatoms. The molecule has 0 spiro atoms. The lowest BCUT2D eigenvalue weighted by Crippen LogP contribution is -1.99. The number of unbranched alkanes of at least 4 members (excludes halogenated alkanes) is 1. The second-order valence-corrected chi connectivity index (χ2v) is 9.28. The number of rotatable bonds is 8. The molecule has 4 aromatic heterocycles. The number of aromatic amines is 2. The number of fused-ring (bicyclic) bond motifs is 2. The Morgan fingerprint density at radius 2 is 1.89 bits per heavy atom. The average Bonchev–Trinajstić information content (AvgIpc) is 3.55. The number of aromatic nitrogens is 6. The molecular formula is C30H26FN7. The minimum atomic E-state index is -0.285. The lowest BCUT2D eigenvalue weighted by molar-refractivity contribution is 0.628. The monoisotopic (exact) mass is 503 g/mol. The summed E-state index contributed by atoms with van der Waals surface area (Å²) in [5, 5.41) is 11.8. The minimum Gasteiger partial charge on any atom is -0.358 e. The molecule has 0 saturated heterocycles. The van der Waals surface area contributed by atoms with Crippen molar-refractivity contribution in [3.63, 3.8) is 0 Å². The average molecular weight is 504 g/mol. The summed E-state index contributed by atoms with van der Waals surface area (Å²) in [6, 6.07) is 16.4. The van der Waals surface area contributed by atoms with E-state index < -0.39 is 0 Å². The second kappa shape index (κ2) is 9.89. The Balaban J connectivity index is 1.37. The Morgan fingerprint density at radius 3 is 2.76 bits per heavy atom. The van der Waals surface area contributed by atoms with Crippen LogP contribution in [0, 0.1) is 5.82 Å². The van der Waals surface area contributed by atoms with Gasteiger partial charge in [0.15, 0.2) is 5.82 Å². The van der Waals surface area contributed by atoms with Crippen molar-refractivity contribution in [3.8, 4) is 33.9 Å². The highest BCUT2D eigenvalue weighted by molar-refractivity contribution is 5.97. The molecule has 0 aliphatic rings. The van der Waals surface area contributed by atoms with Crippen LogP contribution in [0.15, 0.2) is 85.5 Å². The van der Waals surface area contributed by atoms with Gasteiger partial charge in [0, 0.05) is 28.4 Å². The molecule has 2 aromatic carbocycles. The van der Waals surface area contributed by atoms with Gasteiger partial charge in [-0.1, -0.05) is 44.2 Å². The van der Waals surface area contributed by atoms with Crippen LogP contribution in [0.4, 0.5) is 10.1 Å². The predicted octanol–water partition coefficient (Wildman–Crippen LogP) is 7.49. The van der Waals surface area contributed by atoms with Crippen LogP contribution >= 0.6 is 0 Å². The highest BCUT2D eigenvalue weighted by Crippen LogP contribution is 2.33. The van der Waals surface area contributed by atoms with Crippen LogP contribution in [-0.4, -0.2) is 30.1 Å². The summed E-state index contributed by atoms with van der Waals surface area (Å²) >= 11 is 0. The van der Waals surface area contributed by atoms with Crippen molar-refractivity contribution in [1.82, 2.24) is 30.1 Å². The maximum absolute atomic E-state index is 13.9. The van der Waals surface area contributed by atoms with Crippen LogP contribution < -0.4 is 5.32 Å². The number of H-pyrrole nitrogens is 2. The molecule has 7 nitrogen and oxygen atoms in total. The molecule has 3 N–H and O–H groups in total. The van der Waals surface area contributed by atoms with E-state index in [2.05, 4.69) is 44.0 Å².